The fraction of sp³-hybridized carbons (Fsp3) is 0.925. The molecule has 0 saturated carbocycles. The predicted octanol–water partition coefficient (Wildman–Crippen LogP) is 12.1. The summed E-state index contributed by atoms with van der Waals surface area (Å²) in [6, 6.07) is 0. The van der Waals surface area contributed by atoms with Crippen molar-refractivity contribution in [2.24, 2.45) is 11.8 Å². The van der Waals surface area contributed by atoms with Crippen molar-refractivity contribution in [2.45, 2.75) is 191 Å². The van der Waals surface area contributed by atoms with Gasteiger partial charge in [-0.05, 0) is 51.7 Å². The first-order valence-electron chi connectivity index (χ1n) is 20.9. The Hall–Kier alpha value is -2.54. The van der Waals surface area contributed by atoms with Crippen LogP contribution in [0.3, 0.4) is 0 Å². The van der Waals surface area contributed by atoms with Crippen LogP contribution in [0.5, 0.6) is 0 Å². The van der Waals surface area contributed by atoms with E-state index in [0.717, 1.165) is 89.9 Å². The van der Waals surface area contributed by atoms with Crippen molar-refractivity contribution in [3.05, 3.63) is 0 Å². The number of likely N-dealkylation sites (tertiary alicyclic amines) is 1. The van der Waals surface area contributed by atoms with Crippen molar-refractivity contribution < 1.29 is 85.7 Å². The number of piperidine rings is 1. The summed E-state index contributed by atoms with van der Waals surface area (Å²) in [4.78, 5) is 40.5. The molecule has 7 nitrogen and oxygen atoms in total. The molecule has 0 radical (unpaired) electrons. The maximum atomic E-state index is 14.3. The number of alkyl halides is 13. The van der Waals surface area contributed by atoms with Crippen LogP contribution in [-0.4, -0.2) is 98.1 Å². The third-order valence-corrected chi connectivity index (χ3v) is 10.7. The lowest BCUT2D eigenvalue weighted by Crippen LogP contribution is -2.70. The molecule has 0 aliphatic carbocycles. The third kappa shape index (κ3) is 17.0. The van der Waals surface area contributed by atoms with Gasteiger partial charge in [-0.2, -0.15) is 57.1 Å². The molecule has 1 rings (SSSR count). The summed E-state index contributed by atoms with van der Waals surface area (Å²) in [6.07, 6.45) is 3.46. The second-order valence-corrected chi connectivity index (χ2v) is 15.9. The van der Waals surface area contributed by atoms with Gasteiger partial charge in [-0.1, -0.05) is 104 Å². The zero-order valence-electron chi connectivity index (χ0n) is 34.7. The van der Waals surface area contributed by atoms with E-state index in [1.165, 1.54) is 12.8 Å². The highest BCUT2D eigenvalue weighted by Crippen LogP contribution is 2.60. The summed E-state index contributed by atoms with van der Waals surface area (Å²) < 4.78 is 190. The first-order valence-corrected chi connectivity index (χ1v) is 20.9. The number of halogens is 13. The van der Waals surface area contributed by atoms with Gasteiger partial charge in [0.05, 0.1) is 38.4 Å². The van der Waals surface area contributed by atoms with Crippen LogP contribution in [0.4, 0.5) is 57.1 Å². The van der Waals surface area contributed by atoms with Gasteiger partial charge in [0, 0.05) is 0 Å². The highest BCUT2D eigenvalue weighted by molar-refractivity contribution is 5.77. The Bertz CT molecular complexity index is 1260. The van der Waals surface area contributed by atoms with Crippen LogP contribution in [0.15, 0.2) is 0 Å². The lowest BCUT2D eigenvalue weighted by Gasteiger charge is -2.39. The standard InChI is InChI=1S/C40H62F13NO6/c1-4-6-8-10-12-13-15-17-19-29(18-16-14-11-9-7-5-2)28-59-33(56)27-31(60-34(57)30-20-23-54(3)24-21-30)26-32(55)58-25-22-35(41,42)36(43,44)37(45,46)38(47,48)39(49,50)40(51,52)53/h29-31H,4-28H2,1-3H3. The monoisotopic (exact) mass is 899 g/mol. The number of esters is 3. The van der Waals surface area contributed by atoms with E-state index in [2.05, 4.69) is 18.6 Å². The van der Waals surface area contributed by atoms with Gasteiger partial charge in [0.1, 0.15) is 6.10 Å². The largest absolute Gasteiger partial charge is 0.465 e. The highest BCUT2D eigenvalue weighted by atomic mass is 19.4. The lowest BCUT2D eigenvalue weighted by atomic mass is 9.93. The van der Waals surface area contributed by atoms with Gasteiger partial charge in [-0.3, -0.25) is 14.4 Å². The smallest absolute Gasteiger partial charge is 0.460 e. The molecule has 1 heterocycles. The van der Waals surface area contributed by atoms with Crippen molar-refractivity contribution in [1.29, 1.82) is 0 Å². The Labute approximate surface area is 344 Å². The third-order valence-electron chi connectivity index (χ3n) is 10.7. The van der Waals surface area contributed by atoms with Crippen molar-refractivity contribution in [3.8, 4) is 0 Å². The van der Waals surface area contributed by atoms with E-state index < -0.39 is 91.6 Å². The van der Waals surface area contributed by atoms with E-state index in [1.807, 2.05) is 4.90 Å². The minimum atomic E-state index is -8.05. The first-order chi connectivity index (χ1) is 27.8. The summed E-state index contributed by atoms with van der Waals surface area (Å²) in [7, 11) is 1.80. The molecule has 0 aromatic carbocycles. The quantitative estimate of drug-likeness (QED) is 0.0297. The number of hydrogen-bond acceptors (Lipinski definition) is 7. The molecule has 2 atom stereocenters. The molecule has 0 bridgehead atoms. The topological polar surface area (TPSA) is 82.1 Å². The SMILES string of the molecule is CCCCCCCCCCC(CCCCCCCC)COC(=O)CC(CC(=O)OCCC(F)(F)C(F)(F)C(F)(F)C(F)(F)C(F)(F)C(F)(F)F)OC(=O)C1CCN(C)CC1. The van der Waals surface area contributed by atoms with E-state index >= 15 is 0 Å². The second-order valence-electron chi connectivity index (χ2n) is 15.9. The zero-order chi connectivity index (χ0) is 45.8. The van der Waals surface area contributed by atoms with Crippen LogP contribution in [0.2, 0.25) is 0 Å². The number of hydrogen-bond donors (Lipinski definition) is 0. The number of rotatable bonds is 31. The molecule has 354 valence electrons. The number of nitrogens with zero attached hydrogens (tertiary/aromatic N) is 1. The summed E-state index contributed by atoms with van der Waals surface area (Å²) >= 11 is 0. The highest BCUT2D eigenvalue weighted by Gasteiger charge is 2.90. The normalized spacial score (nSPS) is 16.4. The summed E-state index contributed by atoms with van der Waals surface area (Å²) in [5, 5.41) is 0. The van der Waals surface area contributed by atoms with Gasteiger partial charge >= 0.3 is 53.7 Å². The van der Waals surface area contributed by atoms with Crippen molar-refractivity contribution >= 4 is 17.9 Å². The Kier molecular flexibility index (Phi) is 23.6. The Morgan fingerprint density at radius 2 is 1.00 bits per heavy atom. The molecule has 0 spiro atoms. The number of carbonyl (C=O) groups excluding carboxylic acids is 3. The van der Waals surface area contributed by atoms with E-state index in [9.17, 15) is 71.5 Å². The molecule has 0 N–H and O–H groups in total. The van der Waals surface area contributed by atoms with E-state index in [1.54, 1.807) is 7.05 Å². The zero-order valence-corrected chi connectivity index (χ0v) is 34.7. The van der Waals surface area contributed by atoms with Gasteiger partial charge < -0.3 is 19.1 Å². The van der Waals surface area contributed by atoms with Crippen LogP contribution >= 0.6 is 0 Å². The maximum absolute atomic E-state index is 14.3. The van der Waals surface area contributed by atoms with Crippen molar-refractivity contribution in [3.63, 3.8) is 0 Å². The average Bonchev–Trinajstić information content (AvgIpc) is 3.15. The van der Waals surface area contributed by atoms with E-state index in [4.69, 9.17) is 9.47 Å². The van der Waals surface area contributed by atoms with Crippen LogP contribution in [0.25, 0.3) is 0 Å². The minimum Gasteiger partial charge on any atom is -0.465 e. The molecule has 60 heavy (non-hydrogen) atoms. The molecule has 1 fully saturated rings. The van der Waals surface area contributed by atoms with Crippen molar-refractivity contribution in [2.75, 3.05) is 33.4 Å². The molecular formula is C40H62F13NO6. The second kappa shape index (κ2) is 25.5. The Morgan fingerprint density at radius 3 is 1.45 bits per heavy atom. The van der Waals surface area contributed by atoms with Crippen molar-refractivity contribution in [1.82, 2.24) is 4.90 Å². The van der Waals surface area contributed by atoms with Gasteiger partial charge in [-0.25, -0.2) is 0 Å². The molecule has 1 aliphatic rings. The summed E-state index contributed by atoms with van der Waals surface area (Å²) in [5.41, 5.74) is 0. The fourth-order valence-electron chi connectivity index (χ4n) is 6.70. The van der Waals surface area contributed by atoms with E-state index in [0.29, 0.717) is 25.9 Å². The predicted molar refractivity (Wildman–Crippen MR) is 195 cm³/mol. The maximum Gasteiger partial charge on any atom is 0.460 e. The van der Waals surface area contributed by atoms with Crippen LogP contribution in [-0.2, 0) is 28.6 Å². The molecule has 20 heteroatoms. The Morgan fingerprint density at radius 1 is 0.583 bits per heavy atom. The number of unbranched alkanes of at least 4 members (excludes halogenated alkanes) is 12. The van der Waals surface area contributed by atoms with Crippen LogP contribution in [0.1, 0.15) is 149 Å². The minimum absolute atomic E-state index is 0.00257. The molecule has 1 saturated heterocycles. The molecular weight excluding hydrogens is 837 g/mol. The summed E-state index contributed by atoms with van der Waals surface area (Å²) in [6.45, 7) is 3.27. The summed E-state index contributed by atoms with van der Waals surface area (Å²) in [5.74, 6) is -41.9. The lowest BCUT2D eigenvalue weighted by molar-refractivity contribution is -0.440. The molecule has 0 amide bonds. The molecule has 0 aromatic rings. The molecule has 0 aromatic heterocycles. The van der Waals surface area contributed by atoms with Gasteiger partial charge in [0.15, 0.2) is 0 Å². The van der Waals surface area contributed by atoms with Crippen LogP contribution in [0, 0.1) is 11.8 Å². The first kappa shape index (κ1) is 55.5. The molecule has 2 unspecified atom stereocenters. The average molecular weight is 900 g/mol. The number of carbonyl (C=O) groups is 3. The Balaban J connectivity index is 3.00. The number of ether oxygens (including phenoxy) is 3. The van der Waals surface area contributed by atoms with Crippen LogP contribution < -0.4 is 0 Å². The fourth-order valence-corrected chi connectivity index (χ4v) is 6.70. The van der Waals surface area contributed by atoms with Gasteiger partial charge in [0.25, 0.3) is 0 Å². The van der Waals surface area contributed by atoms with Gasteiger partial charge in [-0.15, -0.1) is 0 Å². The van der Waals surface area contributed by atoms with E-state index in [-0.39, 0.29) is 12.5 Å². The van der Waals surface area contributed by atoms with Gasteiger partial charge in [0.2, 0.25) is 0 Å². The molecule has 1 aliphatic heterocycles.